The number of benzene rings is 2. The van der Waals surface area contributed by atoms with Gasteiger partial charge in [-0.3, -0.25) is 18.7 Å². The summed E-state index contributed by atoms with van der Waals surface area (Å²) >= 11 is 0. The second-order valence-electron chi connectivity index (χ2n) is 7.05. The van der Waals surface area contributed by atoms with Gasteiger partial charge in [0.1, 0.15) is 6.54 Å². The van der Waals surface area contributed by atoms with Gasteiger partial charge in [-0.25, -0.2) is 4.79 Å². The lowest BCUT2D eigenvalue weighted by atomic mass is 10.1. The van der Waals surface area contributed by atoms with E-state index in [0.717, 1.165) is 11.1 Å². The minimum absolute atomic E-state index is 0.139. The standard InChI is InChI=1S/C22H25N3O3/c1-4-12-24-21(27)18-13-15(2)10-11-19(18)25(22(24)28)14-20(26)23-16(3)17-8-6-5-7-9-17/h5-11,13,16H,4,12,14H2,1-3H3,(H,23,26). The highest BCUT2D eigenvalue weighted by Crippen LogP contribution is 2.13. The van der Waals surface area contributed by atoms with E-state index in [4.69, 9.17) is 0 Å². The number of carbonyl (C=O) groups is 1. The van der Waals surface area contributed by atoms with Crippen LogP contribution in [0.5, 0.6) is 0 Å². The van der Waals surface area contributed by atoms with Crippen LogP contribution in [-0.4, -0.2) is 15.0 Å². The van der Waals surface area contributed by atoms with Crippen LogP contribution in [0.1, 0.15) is 37.4 Å². The monoisotopic (exact) mass is 379 g/mol. The van der Waals surface area contributed by atoms with Crippen molar-refractivity contribution in [3.05, 3.63) is 80.5 Å². The van der Waals surface area contributed by atoms with Gasteiger partial charge in [-0.15, -0.1) is 0 Å². The van der Waals surface area contributed by atoms with Gasteiger partial charge in [-0.05, 0) is 38.0 Å². The smallest absolute Gasteiger partial charge is 0.331 e. The number of fused-ring (bicyclic) bond motifs is 1. The molecule has 0 aliphatic rings. The Morgan fingerprint density at radius 1 is 1.07 bits per heavy atom. The molecule has 0 aliphatic carbocycles. The third kappa shape index (κ3) is 3.91. The molecule has 1 amide bonds. The Labute approximate surface area is 163 Å². The molecule has 1 N–H and O–H groups in total. The Balaban J connectivity index is 1.99. The molecule has 1 heterocycles. The van der Waals surface area contributed by atoms with E-state index in [1.807, 2.05) is 57.2 Å². The van der Waals surface area contributed by atoms with E-state index in [0.29, 0.717) is 23.9 Å². The van der Waals surface area contributed by atoms with Crippen LogP contribution in [0, 0.1) is 6.92 Å². The summed E-state index contributed by atoms with van der Waals surface area (Å²) in [5.41, 5.74) is 1.64. The van der Waals surface area contributed by atoms with Crippen LogP contribution in [0.3, 0.4) is 0 Å². The molecule has 3 rings (SSSR count). The number of carbonyl (C=O) groups excluding carboxylic acids is 1. The van der Waals surface area contributed by atoms with Crippen molar-refractivity contribution in [1.82, 2.24) is 14.5 Å². The topological polar surface area (TPSA) is 73.1 Å². The fourth-order valence-corrected chi connectivity index (χ4v) is 3.37. The van der Waals surface area contributed by atoms with Crippen molar-refractivity contribution in [2.75, 3.05) is 0 Å². The maximum absolute atomic E-state index is 12.9. The summed E-state index contributed by atoms with van der Waals surface area (Å²) in [7, 11) is 0. The number of aryl methyl sites for hydroxylation is 1. The van der Waals surface area contributed by atoms with E-state index < -0.39 is 5.69 Å². The molecule has 0 saturated heterocycles. The number of nitrogens with zero attached hydrogens (tertiary/aromatic N) is 2. The van der Waals surface area contributed by atoms with Crippen molar-refractivity contribution < 1.29 is 4.79 Å². The van der Waals surface area contributed by atoms with Gasteiger partial charge in [0.05, 0.1) is 16.9 Å². The molecule has 0 fully saturated rings. The minimum Gasteiger partial charge on any atom is -0.348 e. The van der Waals surface area contributed by atoms with E-state index in [9.17, 15) is 14.4 Å². The normalized spacial score (nSPS) is 12.1. The highest BCUT2D eigenvalue weighted by atomic mass is 16.2. The molecular weight excluding hydrogens is 354 g/mol. The summed E-state index contributed by atoms with van der Waals surface area (Å²) in [6, 6.07) is 14.8. The molecule has 0 spiro atoms. The zero-order valence-electron chi connectivity index (χ0n) is 16.4. The lowest BCUT2D eigenvalue weighted by molar-refractivity contribution is -0.122. The minimum atomic E-state index is -0.453. The molecule has 2 aromatic carbocycles. The third-order valence-electron chi connectivity index (χ3n) is 4.81. The van der Waals surface area contributed by atoms with Crippen molar-refractivity contribution in [2.45, 2.75) is 46.3 Å². The zero-order valence-corrected chi connectivity index (χ0v) is 16.4. The number of aromatic nitrogens is 2. The van der Waals surface area contributed by atoms with Gasteiger partial charge in [-0.1, -0.05) is 48.9 Å². The molecule has 28 heavy (non-hydrogen) atoms. The maximum Gasteiger partial charge on any atom is 0.331 e. The van der Waals surface area contributed by atoms with E-state index in [2.05, 4.69) is 5.32 Å². The molecule has 0 aliphatic heterocycles. The molecular formula is C22H25N3O3. The quantitative estimate of drug-likeness (QED) is 0.716. The molecule has 6 heteroatoms. The number of rotatable bonds is 6. The lowest BCUT2D eigenvalue weighted by Crippen LogP contribution is -2.42. The van der Waals surface area contributed by atoms with Gasteiger partial charge in [-0.2, -0.15) is 0 Å². The Morgan fingerprint density at radius 2 is 1.79 bits per heavy atom. The summed E-state index contributed by atoms with van der Waals surface area (Å²) in [6.45, 7) is 5.89. The van der Waals surface area contributed by atoms with Crippen LogP contribution in [-0.2, 0) is 17.9 Å². The molecule has 0 saturated carbocycles. The predicted molar refractivity (Wildman–Crippen MR) is 110 cm³/mol. The Hall–Kier alpha value is -3.15. The lowest BCUT2D eigenvalue weighted by Gasteiger charge is -2.17. The fourth-order valence-electron chi connectivity index (χ4n) is 3.37. The van der Waals surface area contributed by atoms with Crippen LogP contribution >= 0.6 is 0 Å². The highest BCUT2D eigenvalue weighted by molar-refractivity contribution is 5.82. The second kappa shape index (κ2) is 8.25. The van der Waals surface area contributed by atoms with Crippen LogP contribution in [0.15, 0.2) is 58.1 Å². The molecule has 1 unspecified atom stereocenters. The van der Waals surface area contributed by atoms with E-state index in [1.54, 1.807) is 12.1 Å². The molecule has 3 aromatic rings. The highest BCUT2D eigenvalue weighted by Gasteiger charge is 2.16. The molecule has 146 valence electrons. The average molecular weight is 379 g/mol. The summed E-state index contributed by atoms with van der Waals surface area (Å²) in [4.78, 5) is 38.3. The SMILES string of the molecule is CCCn1c(=O)c2cc(C)ccc2n(CC(=O)NC(C)c2ccccc2)c1=O. The molecule has 6 nitrogen and oxygen atoms in total. The van der Waals surface area contributed by atoms with Gasteiger partial charge in [0.25, 0.3) is 5.56 Å². The average Bonchev–Trinajstić information content (AvgIpc) is 2.69. The van der Waals surface area contributed by atoms with E-state index in [-0.39, 0.29) is 24.1 Å². The molecule has 1 atom stereocenters. The van der Waals surface area contributed by atoms with Gasteiger partial charge in [0.2, 0.25) is 5.91 Å². The van der Waals surface area contributed by atoms with Crippen molar-refractivity contribution >= 4 is 16.8 Å². The van der Waals surface area contributed by atoms with Gasteiger partial charge < -0.3 is 5.32 Å². The second-order valence-corrected chi connectivity index (χ2v) is 7.05. The van der Waals surface area contributed by atoms with E-state index >= 15 is 0 Å². The third-order valence-corrected chi connectivity index (χ3v) is 4.81. The van der Waals surface area contributed by atoms with Gasteiger partial charge in [0, 0.05) is 6.54 Å². The number of nitrogens with one attached hydrogen (secondary N) is 1. The Kier molecular flexibility index (Phi) is 5.78. The Bertz CT molecular complexity index is 1110. The Morgan fingerprint density at radius 3 is 2.46 bits per heavy atom. The zero-order chi connectivity index (χ0) is 20.3. The van der Waals surface area contributed by atoms with Crippen LogP contribution < -0.4 is 16.6 Å². The largest absolute Gasteiger partial charge is 0.348 e. The summed E-state index contributed by atoms with van der Waals surface area (Å²) < 4.78 is 2.61. The molecule has 0 bridgehead atoms. The number of hydrogen-bond acceptors (Lipinski definition) is 3. The van der Waals surface area contributed by atoms with Crippen LogP contribution in [0.2, 0.25) is 0 Å². The van der Waals surface area contributed by atoms with Crippen LogP contribution in [0.25, 0.3) is 10.9 Å². The number of hydrogen-bond donors (Lipinski definition) is 1. The van der Waals surface area contributed by atoms with Crippen molar-refractivity contribution in [3.8, 4) is 0 Å². The summed E-state index contributed by atoms with van der Waals surface area (Å²) in [6.07, 6.45) is 0.656. The molecule has 0 radical (unpaired) electrons. The predicted octanol–water partition coefficient (Wildman–Crippen LogP) is 2.76. The van der Waals surface area contributed by atoms with Gasteiger partial charge in [0.15, 0.2) is 0 Å². The number of amides is 1. The first kappa shape index (κ1) is 19.6. The maximum atomic E-state index is 12.9. The fraction of sp³-hybridized carbons (Fsp3) is 0.318. The van der Waals surface area contributed by atoms with Crippen molar-refractivity contribution in [3.63, 3.8) is 0 Å². The first-order valence-electron chi connectivity index (χ1n) is 9.50. The first-order valence-corrected chi connectivity index (χ1v) is 9.50. The van der Waals surface area contributed by atoms with Gasteiger partial charge >= 0.3 is 5.69 Å². The van der Waals surface area contributed by atoms with Crippen LogP contribution in [0.4, 0.5) is 0 Å². The van der Waals surface area contributed by atoms with Crippen molar-refractivity contribution in [1.29, 1.82) is 0 Å². The summed E-state index contributed by atoms with van der Waals surface area (Å²) in [5, 5.41) is 3.38. The molecule has 1 aromatic heterocycles. The van der Waals surface area contributed by atoms with E-state index in [1.165, 1.54) is 9.13 Å². The van der Waals surface area contributed by atoms with Crippen molar-refractivity contribution in [2.24, 2.45) is 0 Å². The first-order chi connectivity index (χ1) is 13.4. The summed E-state index contributed by atoms with van der Waals surface area (Å²) in [5.74, 6) is -0.276.